The van der Waals surface area contributed by atoms with Crippen LogP contribution in [-0.4, -0.2) is 50.1 Å². The summed E-state index contributed by atoms with van der Waals surface area (Å²) in [6.07, 6.45) is -11.7. The number of carbonyl (C=O) groups is 4. The van der Waals surface area contributed by atoms with E-state index in [9.17, 15) is 45.5 Å². The predicted octanol–water partition coefficient (Wildman–Crippen LogP) is 17.1. The number of aryl methyl sites for hydroxylation is 4. The Bertz CT molecular complexity index is 4570. The van der Waals surface area contributed by atoms with Gasteiger partial charge in [0.05, 0.1) is 0 Å². The van der Waals surface area contributed by atoms with Gasteiger partial charge in [0.2, 0.25) is 5.41 Å². The number of halogens is 6. The Kier molecular flexibility index (Phi) is 15.2. The summed E-state index contributed by atoms with van der Waals surface area (Å²) in [5.41, 5.74) is 22.4. The maximum absolute atomic E-state index is 14.8. The van der Waals surface area contributed by atoms with Crippen LogP contribution in [-0.2, 0) is 5.41 Å². The molecule has 9 aromatic carbocycles. The molecule has 15 rings (SSSR count). The van der Waals surface area contributed by atoms with Gasteiger partial charge in [0.1, 0.15) is 0 Å². The number of hydrogen-bond donors (Lipinski definition) is 4. The Morgan fingerprint density at radius 3 is 0.989 bits per heavy atom. The van der Waals surface area contributed by atoms with Gasteiger partial charge in [0, 0.05) is 71.4 Å². The number of amides is 4. The molecule has 0 radical (unpaired) electrons. The first-order chi connectivity index (χ1) is 43.2. The quantitative estimate of drug-likeness (QED) is 0.113. The molecule has 0 saturated heterocycles. The van der Waals surface area contributed by atoms with Crippen LogP contribution in [0.4, 0.5) is 37.7 Å². The molecule has 0 fully saturated rings. The fourth-order valence-electron chi connectivity index (χ4n) is 15.4. The van der Waals surface area contributed by atoms with E-state index in [-0.39, 0.29) is 46.6 Å². The molecule has 4 unspecified atom stereocenters. The van der Waals surface area contributed by atoms with Crippen molar-refractivity contribution >= 4 is 35.0 Å². The van der Waals surface area contributed by atoms with E-state index in [1.807, 2.05) is 26.0 Å². The van der Waals surface area contributed by atoms with E-state index < -0.39 is 40.7 Å². The molecule has 4 bridgehead atoms. The lowest BCUT2D eigenvalue weighted by Gasteiger charge is -2.45. The van der Waals surface area contributed by atoms with Gasteiger partial charge < -0.3 is 21.3 Å². The smallest absolute Gasteiger partial charge is 0.355 e. The fraction of sp³-hybridized carbons (Fsp3) is 0.247. The highest BCUT2D eigenvalue weighted by molar-refractivity contribution is 6.07. The van der Waals surface area contributed by atoms with Crippen molar-refractivity contribution in [3.63, 3.8) is 0 Å². The minimum atomic E-state index is -5.83. The molecule has 9 aromatic rings. The summed E-state index contributed by atoms with van der Waals surface area (Å²) >= 11 is 0. The van der Waals surface area contributed by atoms with Gasteiger partial charge in [-0.1, -0.05) is 103 Å². The third kappa shape index (κ3) is 9.48. The number of alkyl halides is 6. The molecular formula is C77H68F6N4O4. The normalized spacial score (nSPS) is 16.2. The lowest BCUT2D eigenvalue weighted by molar-refractivity contribution is -0.288. The van der Waals surface area contributed by atoms with Crippen molar-refractivity contribution in [3.05, 3.63) is 301 Å². The molecule has 6 aliphatic rings. The lowest BCUT2D eigenvalue weighted by Crippen LogP contribution is -2.54. The largest absolute Gasteiger partial charge is 0.411 e. The number of hydrogen-bond acceptors (Lipinski definition) is 4. The number of anilines is 2. The summed E-state index contributed by atoms with van der Waals surface area (Å²) in [6.45, 7) is 21.1. The van der Waals surface area contributed by atoms with Gasteiger partial charge >= 0.3 is 12.4 Å². The summed E-state index contributed by atoms with van der Waals surface area (Å²) in [5, 5.41) is 11.0. The number of rotatable bonds is 8. The maximum atomic E-state index is 14.8. The van der Waals surface area contributed by atoms with Crippen LogP contribution < -0.4 is 21.3 Å². The minimum absolute atomic E-state index is 0.00330. The summed E-state index contributed by atoms with van der Waals surface area (Å²) < 4.78 is 88.7. The second-order valence-corrected chi connectivity index (χ2v) is 24.8. The van der Waals surface area contributed by atoms with E-state index in [4.69, 9.17) is 0 Å². The van der Waals surface area contributed by atoms with E-state index >= 15 is 0 Å². The molecule has 91 heavy (non-hydrogen) atoms. The zero-order chi connectivity index (χ0) is 65.2. The fourth-order valence-corrected chi connectivity index (χ4v) is 15.4. The van der Waals surface area contributed by atoms with Crippen molar-refractivity contribution in [2.24, 2.45) is 0 Å². The molecule has 4 N–H and O–H groups in total. The van der Waals surface area contributed by atoms with E-state index in [1.54, 1.807) is 31.3 Å². The van der Waals surface area contributed by atoms with Crippen molar-refractivity contribution in [1.29, 1.82) is 0 Å². The van der Waals surface area contributed by atoms with E-state index in [1.165, 1.54) is 96.1 Å². The van der Waals surface area contributed by atoms with Crippen molar-refractivity contribution in [1.82, 2.24) is 10.6 Å². The number of nitrogens with one attached hydrogen (secondary N) is 4. The second-order valence-electron chi connectivity index (χ2n) is 24.8. The zero-order valence-electron chi connectivity index (χ0n) is 52.6. The standard InChI is InChI=1S/C43H36F6N2O2.C34H32N2O2/c1-21-19-32-34(24(4)23(21)3)37-31-10-8-7-9-30(31)36(32)33-20-22(2)38(25(5)35(33)37)51-40(53)27-13-17-29(18-14-27)41(42(44,45)46,43(47,48)49)28-15-11-26(12-16-28)39(52)50-6;1-17-14-26-28(20(4)19(17)3)31-25-13-8-7-12-24(25)30(26)27-15-18(2)32(21(5)29(27)31)36-34(38)23-11-9-10-22(16-23)33(37)35-6/h7-20,36-37H,1-6H3,(H,50,52)(H,51,53);7-16,30-31H,1-6H3,(H,35,37)(H,36,38). The van der Waals surface area contributed by atoms with Crippen molar-refractivity contribution in [2.45, 2.75) is 111 Å². The van der Waals surface area contributed by atoms with Crippen molar-refractivity contribution in [2.75, 3.05) is 24.7 Å². The van der Waals surface area contributed by atoms with Gasteiger partial charge in [0.15, 0.2) is 0 Å². The average molecular weight is 1230 g/mol. The van der Waals surface area contributed by atoms with Crippen LogP contribution in [0, 0.1) is 69.2 Å². The first-order valence-electron chi connectivity index (χ1n) is 30.3. The Morgan fingerprint density at radius 2 is 0.626 bits per heavy atom. The molecule has 14 heteroatoms. The lowest BCUT2D eigenvalue weighted by atomic mass is 9.58. The van der Waals surface area contributed by atoms with Crippen LogP contribution in [0.15, 0.2) is 146 Å². The van der Waals surface area contributed by atoms with Crippen LogP contribution >= 0.6 is 0 Å². The Labute approximate surface area is 525 Å². The Morgan fingerprint density at radius 1 is 0.319 bits per heavy atom. The molecule has 0 heterocycles. The highest BCUT2D eigenvalue weighted by Crippen LogP contribution is 2.61. The van der Waals surface area contributed by atoms with E-state index in [2.05, 4.69) is 137 Å². The highest BCUT2D eigenvalue weighted by Gasteiger charge is 2.72. The SMILES string of the molecule is CNC(=O)c1ccc(C(c2ccc(C(=O)Nc3c(C)cc4c(c3C)C3c5ccccc5C4c4cc(C)c(C)c(C)c43)cc2)(C(F)(F)F)C(F)(F)F)cc1.CNC(=O)c1cccc(C(=O)Nc2c(C)cc3c(c2C)C2c4ccccc4C3c3cc(C)c(C)c(C)c32)c1. The predicted molar refractivity (Wildman–Crippen MR) is 345 cm³/mol. The number of benzene rings is 9. The van der Waals surface area contributed by atoms with Crippen molar-refractivity contribution in [3.8, 4) is 0 Å². The summed E-state index contributed by atoms with van der Waals surface area (Å²) in [4.78, 5) is 51.2. The molecule has 462 valence electrons. The topological polar surface area (TPSA) is 116 Å². The van der Waals surface area contributed by atoms with E-state index in [0.717, 1.165) is 63.3 Å². The Hall–Kier alpha value is -9.56. The van der Waals surface area contributed by atoms with Crippen LogP contribution in [0.3, 0.4) is 0 Å². The first kappa shape index (κ1) is 61.7. The highest BCUT2D eigenvalue weighted by atomic mass is 19.4. The summed E-state index contributed by atoms with van der Waals surface area (Å²) in [6, 6.07) is 39.6. The number of carbonyl (C=O) groups excluding carboxylic acids is 4. The van der Waals surface area contributed by atoms with E-state index in [0.29, 0.717) is 41.1 Å². The van der Waals surface area contributed by atoms with Crippen LogP contribution in [0.25, 0.3) is 0 Å². The van der Waals surface area contributed by atoms with Gasteiger partial charge in [-0.05, 0) is 245 Å². The third-order valence-corrected chi connectivity index (χ3v) is 20.2. The third-order valence-electron chi connectivity index (χ3n) is 20.2. The van der Waals surface area contributed by atoms with Crippen LogP contribution in [0.1, 0.15) is 199 Å². The van der Waals surface area contributed by atoms with Crippen LogP contribution in [0.2, 0.25) is 0 Å². The molecule has 4 amide bonds. The molecule has 0 aromatic heterocycles. The van der Waals surface area contributed by atoms with Crippen molar-refractivity contribution < 1.29 is 45.5 Å². The summed E-state index contributed by atoms with van der Waals surface area (Å²) in [5.74, 6) is -1.54. The molecule has 8 nitrogen and oxygen atoms in total. The molecule has 4 atom stereocenters. The zero-order valence-corrected chi connectivity index (χ0v) is 52.6. The van der Waals surface area contributed by atoms with Gasteiger partial charge in [0.25, 0.3) is 23.6 Å². The van der Waals surface area contributed by atoms with Gasteiger partial charge in [-0.15, -0.1) is 0 Å². The average Bonchev–Trinajstić information content (AvgIpc) is 0.707. The monoisotopic (exact) mass is 1230 g/mol. The second kappa shape index (κ2) is 22.4. The summed E-state index contributed by atoms with van der Waals surface area (Å²) in [7, 11) is 2.88. The molecule has 0 spiro atoms. The van der Waals surface area contributed by atoms with Gasteiger partial charge in [-0.2, -0.15) is 26.3 Å². The molecule has 6 aliphatic carbocycles. The molecule has 0 aliphatic heterocycles. The Balaban J connectivity index is 0.000000185. The first-order valence-corrected chi connectivity index (χ1v) is 30.3. The van der Waals surface area contributed by atoms with Gasteiger partial charge in [-0.3, -0.25) is 19.2 Å². The minimum Gasteiger partial charge on any atom is -0.355 e. The maximum Gasteiger partial charge on any atom is 0.411 e. The van der Waals surface area contributed by atoms with Gasteiger partial charge in [-0.25, -0.2) is 0 Å². The molecule has 0 saturated carbocycles. The molecular weight excluding hydrogens is 1160 g/mol. The van der Waals surface area contributed by atoms with Crippen LogP contribution in [0.5, 0.6) is 0 Å².